The molecule has 8 heteroatoms. The Balaban J connectivity index is 2.27. The SMILES string of the molecule is CCC(C)NC(=O)c1cnn(-c2ccc(C(F)(F)F)cn2)c1C. The van der Waals surface area contributed by atoms with Crippen molar-refractivity contribution >= 4 is 5.91 Å². The van der Waals surface area contributed by atoms with Gasteiger partial charge in [-0.15, -0.1) is 0 Å². The van der Waals surface area contributed by atoms with Crippen LogP contribution in [-0.4, -0.2) is 26.7 Å². The van der Waals surface area contributed by atoms with Crippen LogP contribution < -0.4 is 5.32 Å². The van der Waals surface area contributed by atoms with Crippen LogP contribution >= 0.6 is 0 Å². The second-order valence-corrected chi connectivity index (χ2v) is 5.24. The van der Waals surface area contributed by atoms with Crippen molar-refractivity contribution < 1.29 is 18.0 Å². The van der Waals surface area contributed by atoms with E-state index in [4.69, 9.17) is 0 Å². The number of halogens is 3. The van der Waals surface area contributed by atoms with Crippen molar-refractivity contribution in [2.75, 3.05) is 0 Å². The van der Waals surface area contributed by atoms with E-state index in [1.165, 1.54) is 16.9 Å². The predicted molar refractivity (Wildman–Crippen MR) is 78.3 cm³/mol. The fraction of sp³-hybridized carbons (Fsp3) is 0.400. The highest BCUT2D eigenvalue weighted by atomic mass is 19.4. The fourth-order valence-corrected chi connectivity index (χ4v) is 1.95. The van der Waals surface area contributed by atoms with Gasteiger partial charge in [0, 0.05) is 12.2 Å². The number of amides is 1. The van der Waals surface area contributed by atoms with Gasteiger partial charge in [0.25, 0.3) is 5.91 Å². The van der Waals surface area contributed by atoms with Crippen LogP contribution in [0.1, 0.15) is 41.9 Å². The van der Waals surface area contributed by atoms with Gasteiger partial charge in [-0.2, -0.15) is 18.3 Å². The molecule has 0 bridgehead atoms. The monoisotopic (exact) mass is 326 g/mol. The van der Waals surface area contributed by atoms with E-state index in [1.807, 2.05) is 13.8 Å². The smallest absolute Gasteiger partial charge is 0.349 e. The number of carbonyl (C=O) groups is 1. The first kappa shape index (κ1) is 17.0. The van der Waals surface area contributed by atoms with Gasteiger partial charge in [0.05, 0.1) is 23.0 Å². The van der Waals surface area contributed by atoms with Gasteiger partial charge in [-0.3, -0.25) is 4.79 Å². The third-order valence-corrected chi connectivity index (χ3v) is 3.54. The third kappa shape index (κ3) is 3.69. The molecule has 124 valence electrons. The third-order valence-electron chi connectivity index (χ3n) is 3.54. The minimum absolute atomic E-state index is 0.0226. The molecule has 2 aromatic heterocycles. The van der Waals surface area contributed by atoms with Crippen LogP contribution in [0.3, 0.4) is 0 Å². The lowest BCUT2D eigenvalue weighted by atomic mass is 10.2. The summed E-state index contributed by atoms with van der Waals surface area (Å²) in [6.45, 7) is 5.50. The molecule has 2 rings (SSSR count). The molecule has 0 saturated carbocycles. The van der Waals surface area contributed by atoms with Crippen LogP contribution in [0.25, 0.3) is 5.82 Å². The van der Waals surface area contributed by atoms with Gasteiger partial charge in [0.15, 0.2) is 5.82 Å². The Morgan fingerprint density at radius 1 is 1.35 bits per heavy atom. The molecule has 1 N–H and O–H groups in total. The summed E-state index contributed by atoms with van der Waals surface area (Å²) in [5.74, 6) is -0.0481. The molecule has 0 aliphatic heterocycles. The van der Waals surface area contributed by atoms with Crippen molar-refractivity contribution in [3.63, 3.8) is 0 Å². The first-order chi connectivity index (χ1) is 10.7. The van der Waals surface area contributed by atoms with E-state index in [0.29, 0.717) is 11.3 Å². The number of nitrogens with zero attached hydrogens (tertiary/aromatic N) is 3. The van der Waals surface area contributed by atoms with E-state index in [1.54, 1.807) is 6.92 Å². The molecule has 1 atom stereocenters. The van der Waals surface area contributed by atoms with Crippen molar-refractivity contribution in [3.8, 4) is 5.82 Å². The molecule has 0 aromatic carbocycles. The zero-order valence-corrected chi connectivity index (χ0v) is 13.0. The number of pyridine rings is 1. The highest BCUT2D eigenvalue weighted by molar-refractivity contribution is 5.95. The van der Waals surface area contributed by atoms with Crippen LogP contribution in [0.15, 0.2) is 24.5 Å². The lowest BCUT2D eigenvalue weighted by Crippen LogP contribution is -2.32. The maximum absolute atomic E-state index is 12.6. The normalized spacial score (nSPS) is 13.0. The van der Waals surface area contributed by atoms with E-state index in [9.17, 15) is 18.0 Å². The van der Waals surface area contributed by atoms with Crippen LogP contribution in [-0.2, 0) is 6.18 Å². The molecule has 0 aliphatic carbocycles. The Morgan fingerprint density at radius 3 is 2.57 bits per heavy atom. The standard InChI is InChI=1S/C15H17F3N4O/c1-4-9(2)21-14(23)12-8-20-22(10(12)3)13-6-5-11(7-19-13)15(16,17)18/h5-9H,4H2,1-3H3,(H,21,23). The van der Waals surface area contributed by atoms with Gasteiger partial charge in [-0.1, -0.05) is 6.92 Å². The van der Waals surface area contributed by atoms with Crippen molar-refractivity contribution in [2.45, 2.75) is 39.4 Å². The van der Waals surface area contributed by atoms with Crippen LogP contribution in [0.4, 0.5) is 13.2 Å². The van der Waals surface area contributed by atoms with E-state index in [-0.39, 0.29) is 17.8 Å². The molecule has 2 heterocycles. The second-order valence-electron chi connectivity index (χ2n) is 5.24. The van der Waals surface area contributed by atoms with E-state index in [0.717, 1.165) is 18.7 Å². The molecule has 0 spiro atoms. The van der Waals surface area contributed by atoms with Gasteiger partial charge in [-0.25, -0.2) is 9.67 Å². The summed E-state index contributed by atoms with van der Waals surface area (Å²) in [6.07, 6.45) is -1.52. The molecule has 0 aliphatic rings. The summed E-state index contributed by atoms with van der Waals surface area (Å²) in [6, 6.07) is 2.18. The molecule has 0 fully saturated rings. The van der Waals surface area contributed by atoms with E-state index < -0.39 is 11.7 Å². The highest BCUT2D eigenvalue weighted by Gasteiger charge is 2.30. The van der Waals surface area contributed by atoms with Crippen molar-refractivity contribution in [2.24, 2.45) is 0 Å². The van der Waals surface area contributed by atoms with Gasteiger partial charge in [0.2, 0.25) is 0 Å². The topological polar surface area (TPSA) is 59.8 Å². The van der Waals surface area contributed by atoms with Crippen molar-refractivity contribution in [1.29, 1.82) is 0 Å². The van der Waals surface area contributed by atoms with E-state index >= 15 is 0 Å². The average Bonchev–Trinajstić information content (AvgIpc) is 2.88. The Morgan fingerprint density at radius 2 is 2.04 bits per heavy atom. The highest BCUT2D eigenvalue weighted by Crippen LogP contribution is 2.28. The lowest BCUT2D eigenvalue weighted by molar-refractivity contribution is -0.137. The van der Waals surface area contributed by atoms with Crippen LogP contribution in [0, 0.1) is 6.92 Å². The maximum Gasteiger partial charge on any atom is 0.417 e. The average molecular weight is 326 g/mol. The summed E-state index contributed by atoms with van der Waals surface area (Å²) in [4.78, 5) is 15.9. The molecule has 1 unspecified atom stereocenters. The summed E-state index contributed by atoms with van der Waals surface area (Å²) < 4.78 is 39.0. The molecule has 5 nitrogen and oxygen atoms in total. The minimum Gasteiger partial charge on any atom is -0.349 e. The molecule has 2 aromatic rings. The van der Waals surface area contributed by atoms with Crippen LogP contribution in [0.2, 0.25) is 0 Å². The molecular formula is C15H17F3N4O. The molecule has 1 amide bonds. The number of aromatic nitrogens is 3. The zero-order valence-electron chi connectivity index (χ0n) is 13.0. The van der Waals surface area contributed by atoms with E-state index in [2.05, 4.69) is 15.4 Å². The number of hydrogen-bond donors (Lipinski definition) is 1. The maximum atomic E-state index is 12.6. The Bertz CT molecular complexity index is 692. The minimum atomic E-state index is -4.44. The number of rotatable bonds is 4. The van der Waals surface area contributed by atoms with Crippen molar-refractivity contribution in [3.05, 3.63) is 41.3 Å². The van der Waals surface area contributed by atoms with Gasteiger partial charge in [0.1, 0.15) is 0 Å². The van der Waals surface area contributed by atoms with Gasteiger partial charge < -0.3 is 5.32 Å². The molecular weight excluding hydrogens is 309 g/mol. The summed E-state index contributed by atoms with van der Waals surface area (Å²) in [5, 5.41) is 6.86. The lowest BCUT2D eigenvalue weighted by Gasteiger charge is -2.11. The number of nitrogens with one attached hydrogen (secondary N) is 1. The van der Waals surface area contributed by atoms with Crippen LogP contribution in [0.5, 0.6) is 0 Å². The number of alkyl halides is 3. The Kier molecular flexibility index (Phi) is 4.72. The van der Waals surface area contributed by atoms with Gasteiger partial charge in [-0.05, 0) is 32.4 Å². The summed E-state index contributed by atoms with van der Waals surface area (Å²) >= 11 is 0. The molecule has 0 saturated heterocycles. The van der Waals surface area contributed by atoms with Gasteiger partial charge >= 0.3 is 6.18 Å². The first-order valence-electron chi connectivity index (χ1n) is 7.13. The first-order valence-corrected chi connectivity index (χ1v) is 7.13. The van der Waals surface area contributed by atoms with Crippen molar-refractivity contribution in [1.82, 2.24) is 20.1 Å². The second kappa shape index (κ2) is 6.39. The summed E-state index contributed by atoms with van der Waals surface area (Å²) in [7, 11) is 0. The quantitative estimate of drug-likeness (QED) is 0.939. The zero-order chi connectivity index (χ0) is 17.2. The predicted octanol–water partition coefficient (Wildman–Crippen LogP) is 3.12. The molecule has 23 heavy (non-hydrogen) atoms. The molecule has 0 radical (unpaired) electrons. The summed E-state index contributed by atoms with van der Waals surface area (Å²) in [5.41, 5.74) is 0.0471. The fourth-order valence-electron chi connectivity index (χ4n) is 1.95. The number of carbonyl (C=O) groups excluding carboxylic acids is 1. The largest absolute Gasteiger partial charge is 0.417 e. The number of hydrogen-bond acceptors (Lipinski definition) is 3. The Hall–Kier alpha value is -2.38. The Labute approximate surface area is 131 Å².